The van der Waals surface area contributed by atoms with Gasteiger partial charge in [-0.05, 0) is 103 Å². The normalized spacial score (nSPS) is 13.3. The molecule has 4 nitrogen and oxygen atoms in total. The zero-order valence-electron chi connectivity index (χ0n) is 32.3. The summed E-state index contributed by atoms with van der Waals surface area (Å²) in [6.07, 6.45) is 0. The summed E-state index contributed by atoms with van der Waals surface area (Å²) in [6.45, 7) is 6.73. The predicted octanol–water partition coefficient (Wildman–Crippen LogP) is 12.8. The number of rotatable bonds is 2. The van der Waals surface area contributed by atoms with Crippen LogP contribution in [0.1, 0.15) is 16.7 Å². The summed E-state index contributed by atoms with van der Waals surface area (Å²) in [5, 5.41) is 9.12. The van der Waals surface area contributed by atoms with Gasteiger partial charge in [-0.2, -0.15) is 0 Å². The van der Waals surface area contributed by atoms with Gasteiger partial charge in [0.25, 0.3) is 0 Å². The van der Waals surface area contributed by atoms with Crippen molar-refractivity contribution in [2.45, 2.75) is 20.8 Å². The van der Waals surface area contributed by atoms with E-state index >= 15 is 0 Å². The maximum Gasteiger partial charge on any atom is 0.247 e. The van der Waals surface area contributed by atoms with Crippen molar-refractivity contribution in [3.63, 3.8) is 0 Å². The number of furan rings is 2. The molecule has 2 aromatic heterocycles. The van der Waals surface area contributed by atoms with Crippen molar-refractivity contribution in [2.75, 3.05) is 9.80 Å². The van der Waals surface area contributed by atoms with Crippen molar-refractivity contribution >= 4 is 123 Å². The van der Waals surface area contributed by atoms with Crippen LogP contribution in [0.2, 0.25) is 0 Å². The first-order valence-electron chi connectivity index (χ1n) is 20.1. The Balaban J connectivity index is 1.10. The van der Waals surface area contributed by atoms with Gasteiger partial charge in [0, 0.05) is 43.7 Å². The van der Waals surface area contributed by atoms with Gasteiger partial charge in [-0.15, -0.1) is 0 Å². The van der Waals surface area contributed by atoms with E-state index in [1.807, 2.05) is 0 Å². The van der Waals surface area contributed by atoms with Crippen LogP contribution < -0.4 is 26.2 Å². The van der Waals surface area contributed by atoms with Crippen LogP contribution in [0.4, 0.5) is 34.1 Å². The fourth-order valence-corrected chi connectivity index (χ4v) is 10.6. The van der Waals surface area contributed by atoms with Gasteiger partial charge >= 0.3 is 0 Å². The van der Waals surface area contributed by atoms with E-state index in [1.54, 1.807) is 0 Å². The van der Waals surface area contributed by atoms with Crippen LogP contribution in [0.15, 0.2) is 167 Å². The average molecular weight is 743 g/mol. The molecule has 5 heteroatoms. The Hall–Kier alpha value is -7.24. The second kappa shape index (κ2) is 11.4. The number of aryl methyl sites for hydroxylation is 3. The number of hydrogen-bond acceptors (Lipinski definition) is 4. The van der Waals surface area contributed by atoms with E-state index in [1.165, 1.54) is 55.2 Å². The van der Waals surface area contributed by atoms with E-state index in [-0.39, 0.29) is 6.71 Å². The summed E-state index contributed by atoms with van der Waals surface area (Å²) in [5.41, 5.74) is 18.3. The molecule has 4 heterocycles. The molecule has 0 spiro atoms. The highest BCUT2D eigenvalue weighted by Gasteiger charge is 2.43. The predicted molar refractivity (Wildman–Crippen MR) is 244 cm³/mol. The minimum atomic E-state index is -0.0168. The molecule has 0 saturated carbocycles. The van der Waals surface area contributed by atoms with E-state index in [9.17, 15) is 0 Å². The van der Waals surface area contributed by atoms with Crippen molar-refractivity contribution in [1.82, 2.24) is 0 Å². The number of para-hydroxylation sites is 3. The molecule has 0 fully saturated rings. The van der Waals surface area contributed by atoms with Crippen molar-refractivity contribution < 1.29 is 8.83 Å². The summed E-state index contributed by atoms with van der Waals surface area (Å²) in [4.78, 5) is 4.98. The van der Waals surface area contributed by atoms with E-state index in [4.69, 9.17) is 8.83 Å². The van der Waals surface area contributed by atoms with Crippen LogP contribution >= 0.6 is 0 Å². The lowest BCUT2D eigenvalue weighted by Gasteiger charge is -2.45. The average Bonchev–Trinajstić information content (AvgIpc) is 3.81. The molecular weight excluding hydrogens is 707 g/mol. The Morgan fingerprint density at radius 3 is 1.72 bits per heavy atom. The highest BCUT2D eigenvalue weighted by atomic mass is 16.3. The summed E-state index contributed by atoms with van der Waals surface area (Å²) in [5.74, 6) is 0. The summed E-state index contributed by atoms with van der Waals surface area (Å²) in [7, 11) is 0. The molecule has 0 saturated heterocycles. The number of benzene rings is 9. The largest absolute Gasteiger partial charge is 0.455 e. The Morgan fingerprint density at radius 1 is 0.414 bits per heavy atom. The van der Waals surface area contributed by atoms with Gasteiger partial charge in [0.1, 0.15) is 22.3 Å². The Bertz CT molecular complexity index is 3570. The Labute approximate surface area is 335 Å². The van der Waals surface area contributed by atoms with Gasteiger partial charge in [-0.1, -0.05) is 119 Å². The summed E-state index contributed by atoms with van der Waals surface area (Å²) >= 11 is 0. The van der Waals surface area contributed by atoms with Gasteiger partial charge in [0.15, 0.2) is 0 Å². The van der Waals surface area contributed by atoms with E-state index < -0.39 is 0 Å². The maximum absolute atomic E-state index is 6.88. The van der Waals surface area contributed by atoms with Crippen molar-refractivity contribution in [1.29, 1.82) is 0 Å². The molecule has 0 N–H and O–H groups in total. The Kier molecular flexibility index (Phi) is 6.29. The third-order valence-corrected chi connectivity index (χ3v) is 12.9. The summed E-state index contributed by atoms with van der Waals surface area (Å²) in [6, 6.07) is 57.7. The maximum atomic E-state index is 6.88. The molecule has 9 aromatic carbocycles. The number of nitrogens with zero attached hydrogens (tertiary/aromatic N) is 2. The van der Waals surface area contributed by atoms with E-state index in [0.717, 1.165) is 77.4 Å². The van der Waals surface area contributed by atoms with Crippen LogP contribution in [0.25, 0.3) is 65.4 Å². The Morgan fingerprint density at radius 2 is 1.02 bits per heavy atom. The fourth-order valence-electron chi connectivity index (χ4n) is 10.6. The standard InChI is InChI=1S/C53H35BN2O2/c1-30-25-31(2)50(32(3)26-30)54-42-15-10-18-46-51(42)56(47-28-41-39-23-20-34-12-5-7-14-37(34)53(39)58-49(41)29-43(47)54)45-17-9-8-16-44(45)55(46)35-21-24-48-40(27-35)38-22-19-33-11-4-6-13-36(33)52(38)57-48/h4-29H,1-3H3. The zero-order chi connectivity index (χ0) is 38.4. The van der Waals surface area contributed by atoms with E-state index in [0.29, 0.717) is 0 Å². The molecule has 0 radical (unpaired) electrons. The van der Waals surface area contributed by atoms with Gasteiger partial charge < -0.3 is 18.6 Å². The molecule has 0 aliphatic carbocycles. The van der Waals surface area contributed by atoms with Crippen molar-refractivity contribution in [3.05, 3.63) is 174 Å². The number of fused-ring (bicyclic) bond motifs is 14. The molecule has 0 atom stereocenters. The number of hydrogen-bond donors (Lipinski definition) is 0. The van der Waals surface area contributed by atoms with Gasteiger partial charge in [-0.3, -0.25) is 0 Å². The van der Waals surface area contributed by atoms with Gasteiger partial charge in [0.2, 0.25) is 6.71 Å². The second-order valence-corrected chi connectivity index (χ2v) is 16.2. The lowest BCUT2D eigenvalue weighted by Crippen LogP contribution is -2.59. The van der Waals surface area contributed by atoms with Gasteiger partial charge in [-0.25, -0.2) is 0 Å². The van der Waals surface area contributed by atoms with E-state index in [2.05, 4.69) is 188 Å². The lowest BCUT2D eigenvalue weighted by atomic mass is 9.33. The minimum Gasteiger partial charge on any atom is -0.455 e. The first-order valence-corrected chi connectivity index (χ1v) is 20.1. The highest BCUT2D eigenvalue weighted by Crippen LogP contribution is 2.55. The van der Waals surface area contributed by atoms with Crippen LogP contribution in [-0.2, 0) is 0 Å². The first-order chi connectivity index (χ1) is 28.5. The fraction of sp³-hybridized carbons (Fsp3) is 0.0566. The van der Waals surface area contributed by atoms with Gasteiger partial charge in [0.05, 0.1) is 22.7 Å². The topological polar surface area (TPSA) is 32.8 Å². The van der Waals surface area contributed by atoms with Crippen LogP contribution in [0.3, 0.4) is 0 Å². The lowest BCUT2D eigenvalue weighted by molar-refractivity contribution is 0.672. The second-order valence-electron chi connectivity index (χ2n) is 16.2. The minimum absolute atomic E-state index is 0.0168. The third kappa shape index (κ3) is 4.20. The molecule has 0 bridgehead atoms. The quantitative estimate of drug-likeness (QED) is 0.165. The van der Waals surface area contributed by atoms with Crippen LogP contribution in [0.5, 0.6) is 0 Å². The third-order valence-electron chi connectivity index (χ3n) is 12.9. The molecule has 2 aliphatic heterocycles. The highest BCUT2D eigenvalue weighted by molar-refractivity contribution is 6.98. The molecule has 0 unspecified atom stereocenters. The van der Waals surface area contributed by atoms with Crippen molar-refractivity contribution in [3.8, 4) is 0 Å². The first kappa shape index (κ1) is 31.9. The molecule has 0 amide bonds. The molecule has 13 rings (SSSR count). The smallest absolute Gasteiger partial charge is 0.247 e. The van der Waals surface area contributed by atoms with Crippen LogP contribution in [0, 0.1) is 20.8 Å². The molecule has 11 aromatic rings. The molecular formula is C53H35BN2O2. The molecule has 58 heavy (non-hydrogen) atoms. The zero-order valence-corrected chi connectivity index (χ0v) is 32.3. The van der Waals surface area contributed by atoms with Crippen LogP contribution in [-0.4, -0.2) is 6.71 Å². The molecule has 2 aliphatic rings. The SMILES string of the molecule is Cc1cc(C)c(B2c3cc4oc5c6ccccc6ccc5c4cc3N3c4ccccc4N(c4ccc5oc6c7ccccc7ccc6c5c4)c4cccc2c43)c(C)c1. The summed E-state index contributed by atoms with van der Waals surface area (Å²) < 4.78 is 13.5. The number of anilines is 6. The molecule has 272 valence electrons. The monoisotopic (exact) mass is 742 g/mol. The van der Waals surface area contributed by atoms with Crippen molar-refractivity contribution in [2.24, 2.45) is 0 Å².